The molecule has 132 valence electrons. The number of benzene rings is 1. The highest BCUT2D eigenvalue weighted by molar-refractivity contribution is 7.14. The molecule has 0 unspecified atom stereocenters. The van der Waals surface area contributed by atoms with E-state index in [9.17, 15) is 9.59 Å². The fourth-order valence-electron chi connectivity index (χ4n) is 2.94. The van der Waals surface area contributed by atoms with Gasteiger partial charge in [-0.15, -0.1) is 11.3 Å². The maximum Gasteiger partial charge on any atom is 0.325 e. The van der Waals surface area contributed by atoms with Crippen LogP contribution in [-0.2, 0) is 0 Å². The lowest BCUT2D eigenvalue weighted by Gasteiger charge is -2.21. The molecule has 3 N–H and O–H groups in total. The number of para-hydroxylation sites is 1. The molecular formula is C18H22N4O2S. The molecule has 1 aliphatic rings. The van der Waals surface area contributed by atoms with Crippen molar-refractivity contribution in [2.24, 2.45) is 5.92 Å². The summed E-state index contributed by atoms with van der Waals surface area (Å²) in [6.45, 7) is 0.702. The van der Waals surface area contributed by atoms with E-state index in [1.807, 2.05) is 18.2 Å². The maximum absolute atomic E-state index is 12.2. The molecule has 0 saturated heterocycles. The number of aromatic nitrogens is 1. The molecule has 3 amide bonds. The number of rotatable bonds is 5. The molecule has 1 fully saturated rings. The van der Waals surface area contributed by atoms with E-state index in [0.29, 0.717) is 29.0 Å². The van der Waals surface area contributed by atoms with Crippen LogP contribution in [-0.4, -0.2) is 23.5 Å². The van der Waals surface area contributed by atoms with Gasteiger partial charge in [0.1, 0.15) is 5.69 Å². The first-order chi connectivity index (χ1) is 12.2. The van der Waals surface area contributed by atoms with Crippen LogP contribution < -0.4 is 16.0 Å². The van der Waals surface area contributed by atoms with Gasteiger partial charge in [-0.25, -0.2) is 9.78 Å². The number of carbonyl (C=O) groups is 2. The van der Waals surface area contributed by atoms with Crippen molar-refractivity contribution >= 4 is 34.1 Å². The number of nitrogens with one attached hydrogen (secondary N) is 3. The van der Waals surface area contributed by atoms with Crippen LogP contribution in [0.25, 0.3) is 0 Å². The van der Waals surface area contributed by atoms with Crippen molar-refractivity contribution in [1.82, 2.24) is 10.3 Å². The molecule has 0 atom stereocenters. The van der Waals surface area contributed by atoms with E-state index in [1.165, 1.54) is 43.4 Å². The van der Waals surface area contributed by atoms with Crippen molar-refractivity contribution in [3.8, 4) is 0 Å². The van der Waals surface area contributed by atoms with Crippen molar-refractivity contribution in [3.05, 3.63) is 41.4 Å². The largest absolute Gasteiger partial charge is 0.350 e. The number of carbonyl (C=O) groups excluding carboxylic acids is 2. The Morgan fingerprint density at radius 3 is 2.60 bits per heavy atom. The third-order valence-electron chi connectivity index (χ3n) is 4.26. The van der Waals surface area contributed by atoms with Crippen LogP contribution in [0.15, 0.2) is 35.7 Å². The number of hydrogen-bond acceptors (Lipinski definition) is 4. The maximum atomic E-state index is 12.2. The summed E-state index contributed by atoms with van der Waals surface area (Å²) >= 11 is 1.23. The Kier molecular flexibility index (Phi) is 6.00. The molecule has 6 nitrogen and oxygen atoms in total. The van der Waals surface area contributed by atoms with Crippen LogP contribution in [0, 0.1) is 5.92 Å². The van der Waals surface area contributed by atoms with E-state index in [-0.39, 0.29) is 11.9 Å². The second-order valence-electron chi connectivity index (χ2n) is 6.20. The van der Waals surface area contributed by atoms with Gasteiger partial charge in [-0.3, -0.25) is 10.1 Å². The standard InChI is InChI=1S/C18H22N4O2S/c23-16(19-11-13-7-3-1-4-8-13)15-12-25-18(21-15)22-17(24)20-14-9-5-2-6-10-14/h2,5-6,9-10,12-13H,1,3-4,7-8,11H2,(H,19,23)(H2,20,21,22,24). The summed E-state index contributed by atoms with van der Waals surface area (Å²) in [5.74, 6) is 0.393. The summed E-state index contributed by atoms with van der Waals surface area (Å²) in [6, 6.07) is 8.77. The van der Waals surface area contributed by atoms with Gasteiger partial charge in [-0.05, 0) is 30.9 Å². The molecule has 7 heteroatoms. The van der Waals surface area contributed by atoms with Gasteiger partial charge in [0.25, 0.3) is 5.91 Å². The van der Waals surface area contributed by atoms with Crippen molar-refractivity contribution in [3.63, 3.8) is 0 Å². The molecule has 1 aromatic heterocycles. The fourth-order valence-corrected chi connectivity index (χ4v) is 3.62. The van der Waals surface area contributed by atoms with Gasteiger partial charge < -0.3 is 10.6 Å². The third kappa shape index (κ3) is 5.29. The Hall–Kier alpha value is -2.41. The number of anilines is 2. The average molecular weight is 358 g/mol. The first kappa shape index (κ1) is 17.4. The van der Waals surface area contributed by atoms with Crippen LogP contribution in [0.4, 0.5) is 15.6 Å². The number of urea groups is 1. The molecular weight excluding hydrogens is 336 g/mol. The van der Waals surface area contributed by atoms with Crippen molar-refractivity contribution in [2.75, 3.05) is 17.2 Å². The molecule has 0 bridgehead atoms. The van der Waals surface area contributed by atoms with Gasteiger partial charge in [0, 0.05) is 17.6 Å². The van der Waals surface area contributed by atoms with Gasteiger partial charge in [-0.2, -0.15) is 0 Å². The monoisotopic (exact) mass is 358 g/mol. The van der Waals surface area contributed by atoms with Gasteiger partial charge in [-0.1, -0.05) is 37.5 Å². The predicted octanol–water partition coefficient (Wildman–Crippen LogP) is 4.10. The van der Waals surface area contributed by atoms with Crippen LogP contribution in [0.3, 0.4) is 0 Å². The van der Waals surface area contributed by atoms with Crippen LogP contribution in [0.5, 0.6) is 0 Å². The van der Waals surface area contributed by atoms with Crippen molar-refractivity contribution in [1.29, 1.82) is 0 Å². The third-order valence-corrected chi connectivity index (χ3v) is 5.02. The molecule has 1 aliphatic carbocycles. The van der Waals surface area contributed by atoms with Crippen molar-refractivity contribution in [2.45, 2.75) is 32.1 Å². The summed E-state index contributed by atoms with van der Waals surface area (Å²) in [5, 5.41) is 10.4. The van der Waals surface area contributed by atoms with E-state index >= 15 is 0 Å². The Bertz CT molecular complexity index is 711. The molecule has 0 aliphatic heterocycles. The van der Waals surface area contributed by atoms with Gasteiger partial charge >= 0.3 is 6.03 Å². The number of thiazole rings is 1. The van der Waals surface area contributed by atoms with E-state index < -0.39 is 0 Å². The molecule has 3 rings (SSSR count). The second kappa shape index (κ2) is 8.62. The van der Waals surface area contributed by atoms with E-state index in [2.05, 4.69) is 20.9 Å². The minimum absolute atomic E-state index is 0.182. The van der Waals surface area contributed by atoms with Crippen molar-refractivity contribution < 1.29 is 9.59 Å². The smallest absolute Gasteiger partial charge is 0.325 e. The summed E-state index contributed by atoms with van der Waals surface area (Å²) < 4.78 is 0. The second-order valence-corrected chi connectivity index (χ2v) is 7.06. The quantitative estimate of drug-likeness (QED) is 0.752. The first-order valence-electron chi connectivity index (χ1n) is 8.57. The highest BCUT2D eigenvalue weighted by Gasteiger charge is 2.16. The van der Waals surface area contributed by atoms with E-state index in [1.54, 1.807) is 17.5 Å². The Morgan fingerprint density at radius 2 is 1.84 bits per heavy atom. The molecule has 1 aromatic carbocycles. The lowest BCUT2D eigenvalue weighted by molar-refractivity contribution is 0.0939. The van der Waals surface area contributed by atoms with Gasteiger partial charge in [0.2, 0.25) is 0 Å². The normalized spacial score (nSPS) is 14.7. The zero-order chi connectivity index (χ0) is 17.5. The minimum atomic E-state index is -0.380. The fraction of sp³-hybridized carbons (Fsp3) is 0.389. The number of hydrogen-bond donors (Lipinski definition) is 3. The molecule has 0 radical (unpaired) electrons. The van der Waals surface area contributed by atoms with Gasteiger partial charge in [0.05, 0.1) is 0 Å². The molecule has 1 saturated carbocycles. The summed E-state index contributed by atoms with van der Waals surface area (Å²) in [7, 11) is 0. The zero-order valence-electron chi connectivity index (χ0n) is 14.0. The van der Waals surface area contributed by atoms with Crippen LogP contribution in [0.2, 0.25) is 0 Å². The van der Waals surface area contributed by atoms with E-state index in [0.717, 1.165) is 0 Å². The first-order valence-corrected chi connectivity index (χ1v) is 9.45. The Morgan fingerprint density at radius 1 is 1.08 bits per heavy atom. The lowest BCUT2D eigenvalue weighted by Crippen LogP contribution is -2.30. The van der Waals surface area contributed by atoms with Gasteiger partial charge in [0.15, 0.2) is 5.13 Å². The molecule has 0 spiro atoms. The Balaban J connectivity index is 1.47. The predicted molar refractivity (Wildman–Crippen MR) is 100 cm³/mol. The molecule has 1 heterocycles. The van der Waals surface area contributed by atoms with Crippen LogP contribution >= 0.6 is 11.3 Å². The van der Waals surface area contributed by atoms with E-state index in [4.69, 9.17) is 0 Å². The minimum Gasteiger partial charge on any atom is -0.350 e. The summed E-state index contributed by atoms with van der Waals surface area (Å²) in [4.78, 5) is 28.3. The molecule has 25 heavy (non-hydrogen) atoms. The highest BCUT2D eigenvalue weighted by Crippen LogP contribution is 2.23. The Labute approximate surface area is 151 Å². The van der Waals surface area contributed by atoms with Crippen LogP contribution in [0.1, 0.15) is 42.6 Å². The zero-order valence-corrected chi connectivity index (χ0v) is 14.8. The summed E-state index contributed by atoms with van der Waals surface area (Å²) in [6.07, 6.45) is 6.17. The average Bonchev–Trinajstić information content (AvgIpc) is 3.10. The molecule has 2 aromatic rings. The SMILES string of the molecule is O=C(Nc1ccccc1)Nc1nc(C(=O)NCC2CCCCC2)cs1. The topological polar surface area (TPSA) is 83.1 Å². The summed E-state index contributed by atoms with van der Waals surface area (Å²) in [5.41, 5.74) is 1.04. The number of nitrogens with zero attached hydrogens (tertiary/aromatic N) is 1. The number of amides is 3. The lowest BCUT2D eigenvalue weighted by atomic mass is 9.89. The highest BCUT2D eigenvalue weighted by atomic mass is 32.1.